The number of aldehydes is 1. The van der Waals surface area contributed by atoms with Gasteiger partial charge < -0.3 is 15.2 Å². The number of carbonyl (C=O) groups is 2. The molecule has 0 aromatic rings. The smallest absolute Gasteiger partial charge is 0.207 e. The van der Waals surface area contributed by atoms with Crippen molar-refractivity contribution in [2.24, 2.45) is 5.92 Å². The summed E-state index contributed by atoms with van der Waals surface area (Å²) in [6.07, 6.45) is 1.10. The van der Waals surface area contributed by atoms with Gasteiger partial charge in [-0.3, -0.25) is 4.79 Å². The molecule has 0 aliphatic heterocycles. The van der Waals surface area contributed by atoms with Gasteiger partial charge in [-0.2, -0.15) is 0 Å². The summed E-state index contributed by atoms with van der Waals surface area (Å²) < 4.78 is 0. The van der Waals surface area contributed by atoms with Gasteiger partial charge in [0.25, 0.3) is 0 Å². The third kappa shape index (κ3) is 3.66. The van der Waals surface area contributed by atoms with Crippen LogP contribution < -0.4 is 5.32 Å². The van der Waals surface area contributed by atoms with Crippen LogP contribution in [-0.2, 0) is 9.59 Å². The zero-order valence-corrected chi connectivity index (χ0v) is 4.91. The van der Waals surface area contributed by atoms with Crippen LogP contribution in [0.5, 0.6) is 0 Å². The summed E-state index contributed by atoms with van der Waals surface area (Å²) >= 11 is 0. The van der Waals surface area contributed by atoms with Gasteiger partial charge in [0.05, 0.1) is 12.5 Å². The molecule has 0 aromatic carbocycles. The normalized spacial score (nSPS) is 12.1. The van der Waals surface area contributed by atoms with E-state index in [0.717, 1.165) is 0 Å². The molecule has 4 heteroatoms. The predicted octanol–water partition coefficient (Wildman–Crippen LogP) is -1.46. The third-order valence-electron chi connectivity index (χ3n) is 0.890. The lowest BCUT2D eigenvalue weighted by molar-refractivity contribution is -0.112. The van der Waals surface area contributed by atoms with Crippen molar-refractivity contribution in [1.29, 1.82) is 0 Å². The van der Waals surface area contributed by atoms with Crippen molar-refractivity contribution >= 4 is 12.7 Å². The SMILES string of the molecule is O=CNC[C@@H](C=O)CO. The molecule has 0 rings (SSSR count). The Labute approximate surface area is 52.9 Å². The van der Waals surface area contributed by atoms with Crippen LogP contribution >= 0.6 is 0 Å². The van der Waals surface area contributed by atoms with Gasteiger partial charge in [-0.25, -0.2) is 0 Å². The van der Waals surface area contributed by atoms with Gasteiger partial charge in [-0.1, -0.05) is 0 Å². The highest BCUT2D eigenvalue weighted by Crippen LogP contribution is 1.83. The summed E-state index contributed by atoms with van der Waals surface area (Å²) in [5.41, 5.74) is 0. The first-order valence-electron chi connectivity index (χ1n) is 2.58. The number of nitrogens with one attached hydrogen (secondary N) is 1. The summed E-state index contributed by atoms with van der Waals surface area (Å²) in [6.45, 7) is -0.00611. The molecule has 0 aromatic heterocycles. The minimum absolute atomic E-state index is 0.212. The van der Waals surface area contributed by atoms with Crippen molar-refractivity contribution < 1.29 is 14.7 Å². The minimum atomic E-state index is -0.463. The number of hydrogen-bond acceptors (Lipinski definition) is 3. The van der Waals surface area contributed by atoms with E-state index in [-0.39, 0.29) is 13.2 Å². The van der Waals surface area contributed by atoms with E-state index in [4.69, 9.17) is 5.11 Å². The summed E-state index contributed by atoms with van der Waals surface area (Å²) in [5, 5.41) is 10.6. The van der Waals surface area contributed by atoms with Gasteiger partial charge in [0.1, 0.15) is 6.29 Å². The Morgan fingerprint density at radius 1 is 1.56 bits per heavy atom. The van der Waals surface area contributed by atoms with E-state index in [9.17, 15) is 9.59 Å². The number of aliphatic hydroxyl groups is 1. The van der Waals surface area contributed by atoms with Gasteiger partial charge in [-0.05, 0) is 0 Å². The standard InChI is InChI=1S/C5H9NO3/c7-2-5(3-8)1-6-4-9/h2,4-5,8H,1,3H2,(H,6,9)/t5-/m0/s1. The largest absolute Gasteiger partial charge is 0.396 e. The van der Waals surface area contributed by atoms with Crippen LogP contribution in [0.1, 0.15) is 0 Å². The maximum absolute atomic E-state index is 9.93. The Hall–Kier alpha value is -0.900. The van der Waals surface area contributed by atoms with E-state index in [2.05, 4.69) is 5.32 Å². The van der Waals surface area contributed by atoms with E-state index in [0.29, 0.717) is 12.7 Å². The molecule has 1 atom stereocenters. The van der Waals surface area contributed by atoms with Crippen molar-refractivity contribution in [3.8, 4) is 0 Å². The monoisotopic (exact) mass is 131 g/mol. The molecule has 0 bridgehead atoms. The average molecular weight is 131 g/mol. The predicted molar refractivity (Wildman–Crippen MR) is 30.7 cm³/mol. The Morgan fingerprint density at radius 2 is 2.22 bits per heavy atom. The topological polar surface area (TPSA) is 66.4 Å². The van der Waals surface area contributed by atoms with Crippen LogP contribution in [0.25, 0.3) is 0 Å². The molecule has 0 saturated carbocycles. The molecule has 0 radical (unpaired) electrons. The van der Waals surface area contributed by atoms with Gasteiger partial charge in [0.15, 0.2) is 0 Å². The van der Waals surface area contributed by atoms with Crippen molar-refractivity contribution in [2.75, 3.05) is 13.2 Å². The number of amides is 1. The van der Waals surface area contributed by atoms with E-state index in [1.807, 2.05) is 0 Å². The molecule has 0 aliphatic rings. The van der Waals surface area contributed by atoms with Crippen LogP contribution in [0.2, 0.25) is 0 Å². The van der Waals surface area contributed by atoms with Crippen molar-refractivity contribution in [3.05, 3.63) is 0 Å². The fraction of sp³-hybridized carbons (Fsp3) is 0.600. The number of carbonyl (C=O) groups excluding carboxylic acids is 2. The number of aliphatic hydroxyl groups excluding tert-OH is 1. The Kier molecular flexibility index (Phi) is 4.72. The first-order valence-corrected chi connectivity index (χ1v) is 2.58. The summed E-state index contributed by atoms with van der Waals surface area (Å²) in [5.74, 6) is -0.463. The molecule has 0 spiro atoms. The highest BCUT2D eigenvalue weighted by Gasteiger charge is 2.02. The molecule has 2 N–H and O–H groups in total. The average Bonchev–Trinajstić information content (AvgIpc) is 1.91. The second-order valence-electron chi connectivity index (χ2n) is 1.60. The molecule has 0 fully saturated rings. The second-order valence-corrected chi connectivity index (χ2v) is 1.60. The van der Waals surface area contributed by atoms with Crippen molar-refractivity contribution in [1.82, 2.24) is 5.32 Å². The maximum Gasteiger partial charge on any atom is 0.207 e. The Balaban J connectivity index is 3.30. The van der Waals surface area contributed by atoms with E-state index in [1.54, 1.807) is 0 Å². The summed E-state index contributed by atoms with van der Waals surface area (Å²) in [6, 6.07) is 0. The molecule has 1 amide bonds. The molecule has 9 heavy (non-hydrogen) atoms. The molecule has 0 aliphatic carbocycles. The first-order chi connectivity index (χ1) is 4.35. The van der Waals surface area contributed by atoms with Crippen LogP contribution in [-0.4, -0.2) is 31.0 Å². The summed E-state index contributed by atoms with van der Waals surface area (Å²) in [7, 11) is 0. The van der Waals surface area contributed by atoms with Crippen LogP contribution in [0.4, 0.5) is 0 Å². The fourth-order valence-electron chi connectivity index (χ4n) is 0.355. The first kappa shape index (κ1) is 8.10. The highest BCUT2D eigenvalue weighted by molar-refractivity contribution is 5.55. The minimum Gasteiger partial charge on any atom is -0.396 e. The van der Waals surface area contributed by atoms with Crippen LogP contribution in [0, 0.1) is 5.92 Å². The van der Waals surface area contributed by atoms with E-state index in [1.165, 1.54) is 0 Å². The van der Waals surface area contributed by atoms with E-state index >= 15 is 0 Å². The van der Waals surface area contributed by atoms with E-state index < -0.39 is 5.92 Å². The number of rotatable bonds is 5. The third-order valence-corrected chi connectivity index (χ3v) is 0.890. The van der Waals surface area contributed by atoms with Crippen LogP contribution in [0.15, 0.2) is 0 Å². The summed E-state index contributed by atoms with van der Waals surface area (Å²) in [4.78, 5) is 19.6. The lowest BCUT2D eigenvalue weighted by atomic mass is 10.2. The van der Waals surface area contributed by atoms with Gasteiger partial charge >= 0.3 is 0 Å². The highest BCUT2D eigenvalue weighted by atomic mass is 16.3. The molecule has 52 valence electrons. The van der Waals surface area contributed by atoms with Crippen molar-refractivity contribution in [2.45, 2.75) is 0 Å². The molecular formula is C5H9NO3. The maximum atomic E-state index is 9.93. The molecular weight excluding hydrogens is 122 g/mol. The zero-order chi connectivity index (χ0) is 7.11. The van der Waals surface area contributed by atoms with Gasteiger partial charge in [0.2, 0.25) is 6.41 Å². The quantitative estimate of drug-likeness (QED) is 0.448. The Bertz CT molecular complexity index is 94.2. The number of hydrogen-bond donors (Lipinski definition) is 2. The lowest BCUT2D eigenvalue weighted by Gasteiger charge is -2.02. The lowest BCUT2D eigenvalue weighted by Crippen LogP contribution is -2.24. The molecule has 4 nitrogen and oxygen atoms in total. The van der Waals surface area contributed by atoms with Crippen molar-refractivity contribution in [3.63, 3.8) is 0 Å². The molecule has 0 saturated heterocycles. The fourth-order valence-corrected chi connectivity index (χ4v) is 0.355. The van der Waals surface area contributed by atoms with Gasteiger partial charge in [0, 0.05) is 6.54 Å². The Morgan fingerprint density at radius 3 is 2.56 bits per heavy atom. The van der Waals surface area contributed by atoms with Gasteiger partial charge in [-0.15, -0.1) is 0 Å². The molecule has 0 unspecified atom stereocenters. The van der Waals surface area contributed by atoms with Crippen LogP contribution in [0.3, 0.4) is 0 Å². The zero-order valence-electron chi connectivity index (χ0n) is 4.91. The second kappa shape index (κ2) is 5.24. The molecule has 0 heterocycles.